The fourth-order valence-electron chi connectivity index (χ4n) is 0.387. The summed E-state index contributed by atoms with van der Waals surface area (Å²) in [5.41, 5.74) is 0. The zero-order valence-corrected chi connectivity index (χ0v) is 8.01. The highest BCUT2D eigenvalue weighted by Crippen LogP contribution is 1.95. The first-order valence-electron chi connectivity index (χ1n) is 4.55. The molecule has 0 aliphatic rings. The molecule has 0 saturated heterocycles. The van der Waals surface area contributed by atoms with Crippen LogP contribution >= 0.6 is 0 Å². The molecule has 11 heavy (non-hydrogen) atoms. The molecule has 0 aliphatic heterocycles. The molecule has 0 aromatic heterocycles. The van der Waals surface area contributed by atoms with Gasteiger partial charge in [-0.05, 0) is 12.8 Å². The van der Waals surface area contributed by atoms with Crippen molar-refractivity contribution in [1.29, 1.82) is 0 Å². The van der Waals surface area contributed by atoms with Crippen LogP contribution in [-0.4, -0.2) is 16.5 Å². The molecule has 0 rings (SSSR count). The summed E-state index contributed by atoms with van der Waals surface area (Å²) in [5.74, 6) is 0. The molecule has 0 radical (unpaired) electrons. The summed E-state index contributed by atoms with van der Waals surface area (Å²) in [7, 11) is 0. The van der Waals surface area contributed by atoms with Gasteiger partial charge in [0, 0.05) is 0 Å². The molecule has 0 aromatic carbocycles. The average Bonchev–Trinajstić information content (AvgIpc) is 2.01. The fraction of sp³-hybridized carbons (Fsp3) is 1.00. The fourth-order valence-corrected chi connectivity index (χ4v) is 0.387. The van der Waals surface area contributed by atoms with Crippen molar-refractivity contribution in [2.75, 3.05) is 0 Å². The smallest absolute Gasteiger partial charge is 0.151 e. The zero-order valence-electron chi connectivity index (χ0n) is 8.01. The minimum absolute atomic E-state index is 0.510. The molecule has 2 N–H and O–H groups in total. The van der Waals surface area contributed by atoms with E-state index < -0.39 is 6.29 Å². The van der Waals surface area contributed by atoms with Crippen molar-refractivity contribution in [3.05, 3.63) is 0 Å². The lowest BCUT2D eigenvalue weighted by molar-refractivity contribution is -0.0463. The standard InChI is InChI=1S/C5H12O2.C4H10/c1-2-3-4-5(6)7;1-3-4-2/h5-7H,2-4H2,1H3;3-4H2,1-2H3. The van der Waals surface area contributed by atoms with Gasteiger partial charge in [0.05, 0.1) is 0 Å². The Morgan fingerprint density at radius 3 is 1.45 bits per heavy atom. The van der Waals surface area contributed by atoms with E-state index in [2.05, 4.69) is 13.8 Å². The van der Waals surface area contributed by atoms with Crippen LogP contribution in [0.15, 0.2) is 0 Å². The molecule has 0 heterocycles. The van der Waals surface area contributed by atoms with Crippen molar-refractivity contribution in [3.63, 3.8) is 0 Å². The van der Waals surface area contributed by atoms with Crippen molar-refractivity contribution in [2.45, 2.75) is 59.2 Å². The van der Waals surface area contributed by atoms with Crippen LogP contribution in [0, 0.1) is 0 Å². The molecule has 0 bridgehead atoms. The summed E-state index contributed by atoms with van der Waals surface area (Å²) >= 11 is 0. The maximum absolute atomic E-state index is 8.24. The monoisotopic (exact) mass is 162 g/mol. The summed E-state index contributed by atoms with van der Waals surface area (Å²) in [6, 6.07) is 0. The predicted molar refractivity (Wildman–Crippen MR) is 48.3 cm³/mol. The van der Waals surface area contributed by atoms with Gasteiger partial charge in [-0.3, -0.25) is 0 Å². The molecule has 2 heteroatoms. The molecule has 0 amide bonds. The van der Waals surface area contributed by atoms with Gasteiger partial charge in [-0.1, -0.05) is 40.0 Å². The SMILES string of the molecule is CCCC.CCCCC(O)O. The van der Waals surface area contributed by atoms with E-state index in [4.69, 9.17) is 10.2 Å². The second kappa shape index (κ2) is 12.6. The van der Waals surface area contributed by atoms with E-state index >= 15 is 0 Å². The lowest BCUT2D eigenvalue weighted by Gasteiger charge is -1.97. The second-order valence-electron chi connectivity index (χ2n) is 2.62. The van der Waals surface area contributed by atoms with Gasteiger partial charge in [0.1, 0.15) is 0 Å². The van der Waals surface area contributed by atoms with E-state index in [1.54, 1.807) is 0 Å². The van der Waals surface area contributed by atoms with Crippen molar-refractivity contribution in [1.82, 2.24) is 0 Å². The van der Waals surface area contributed by atoms with E-state index in [1.807, 2.05) is 6.92 Å². The van der Waals surface area contributed by atoms with E-state index in [-0.39, 0.29) is 0 Å². The van der Waals surface area contributed by atoms with Crippen LogP contribution in [0.2, 0.25) is 0 Å². The Morgan fingerprint density at radius 1 is 0.909 bits per heavy atom. The third-order valence-electron chi connectivity index (χ3n) is 1.32. The average molecular weight is 162 g/mol. The normalized spacial score (nSPS) is 9.27. The van der Waals surface area contributed by atoms with E-state index in [0.29, 0.717) is 6.42 Å². The van der Waals surface area contributed by atoms with Gasteiger partial charge < -0.3 is 10.2 Å². The van der Waals surface area contributed by atoms with Gasteiger partial charge in [0.25, 0.3) is 0 Å². The number of hydrogen-bond donors (Lipinski definition) is 2. The van der Waals surface area contributed by atoms with Crippen LogP contribution in [0.1, 0.15) is 52.9 Å². The van der Waals surface area contributed by atoms with Gasteiger partial charge >= 0.3 is 0 Å². The first kappa shape index (κ1) is 13.5. The molecule has 70 valence electrons. The maximum Gasteiger partial charge on any atom is 0.151 e. The highest BCUT2D eigenvalue weighted by Gasteiger charge is 1.92. The van der Waals surface area contributed by atoms with E-state index in [1.165, 1.54) is 12.8 Å². The highest BCUT2D eigenvalue weighted by atomic mass is 16.5. The van der Waals surface area contributed by atoms with Crippen LogP contribution in [0.25, 0.3) is 0 Å². The number of rotatable bonds is 4. The number of unbranched alkanes of at least 4 members (excludes halogenated alkanes) is 2. The van der Waals surface area contributed by atoms with Gasteiger partial charge in [0.2, 0.25) is 0 Å². The van der Waals surface area contributed by atoms with Crippen LogP contribution in [0.5, 0.6) is 0 Å². The largest absolute Gasteiger partial charge is 0.368 e. The summed E-state index contributed by atoms with van der Waals surface area (Å²) in [6.07, 6.45) is 3.98. The molecule has 0 spiro atoms. The first-order valence-corrected chi connectivity index (χ1v) is 4.55. The molecule has 0 unspecified atom stereocenters. The summed E-state index contributed by atoms with van der Waals surface area (Å²) < 4.78 is 0. The molecule has 0 saturated carbocycles. The van der Waals surface area contributed by atoms with Gasteiger partial charge in [-0.2, -0.15) is 0 Å². The third-order valence-corrected chi connectivity index (χ3v) is 1.32. The Labute approximate surface area is 70.3 Å². The Bertz CT molecular complexity index is 51.5. The lowest BCUT2D eigenvalue weighted by atomic mass is 10.2. The lowest BCUT2D eigenvalue weighted by Crippen LogP contribution is -2.02. The Hall–Kier alpha value is -0.0800. The summed E-state index contributed by atoms with van der Waals surface area (Å²) in [6.45, 7) is 6.38. The van der Waals surface area contributed by atoms with Crippen LogP contribution in [0.3, 0.4) is 0 Å². The number of hydrogen-bond acceptors (Lipinski definition) is 2. The Morgan fingerprint density at radius 2 is 1.36 bits per heavy atom. The van der Waals surface area contributed by atoms with Crippen LogP contribution in [-0.2, 0) is 0 Å². The Kier molecular flexibility index (Phi) is 15.4. The minimum atomic E-state index is -1.10. The number of aliphatic hydroxyl groups excluding tert-OH is 1. The highest BCUT2D eigenvalue weighted by molar-refractivity contribution is 4.36. The molecule has 0 fully saturated rings. The maximum atomic E-state index is 8.24. The van der Waals surface area contributed by atoms with Crippen molar-refractivity contribution in [2.24, 2.45) is 0 Å². The van der Waals surface area contributed by atoms with Gasteiger partial charge in [-0.25, -0.2) is 0 Å². The Balaban J connectivity index is 0. The predicted octanol–water partition coefficient (Wildman–Crippen LogP) is 2.29. The quantitative estimate of drug-likeness (QED) is 0.623. The minimum Gasteiger partial charge on any atom is -0.368 e. The topological polar surface area (TPSA) is 40.5 Å². The second-order valence-corrected chi connectivity index (χ2v) is 2.62. The molecular weight excluding hydrogens is 140 g/mol. The molecule has 0 atom stereocenters. The zero-order chi connectivity index (χ0) is 9.11. The number of aliphatic hydroxyl groups is 2. The summed E-state index contributed by atoms with van der Waals surface area (Å²) in [5, 5.41) is 16.5. The van der Waals surface area contributed by atoms with Gasteiger partial charge in [-0.15, -0.1) is 0 Å². The van der Waals surface area contributed by atoms with E-state index in [0.717, 1.165) is 12.8 Å². The first-order chi connectivity index (χ1) is 5.18. The van der Waals surface area contributed by atoms with Crippen LogP contribution in [0.4, 0.5) is 0 Å². The van der Waals surface area contributed by atoms with Crippen molar-refractivity contribution in [3.8, 4) is 0 Å². The summed E-state index contributed by atoms with van der Waals surface area (Å²) in [4.78, 5) is 0. The third kappa shape index (κ3) is 25.7. The van der Waals surface area contributed by atoms with E-state index in [9.17, 15) is 0 Å². The van der Waals surface area contributed by atoms with Gasteiger partial charge in [0.15, 0.2) is 6.29 Å². The van der Waals surface area contributed by atoms with Crippen molar-refractivity contribution < 1.29 is 10.2 Å². The molecule has 2 nitrogen and oxygen atoms in total. The molecule has 0 aromatic rings. The molecular formula is C9H22O2. The molecule has 0 aliphatic carbocycles. The van der Waals surface area contributed by atoms with Crippen molar-refractivity contribution >= 4 is 0 Å². The van der Waals surface area contributed by atoms with Crippen LogP contribution < -0.4 is 0 Å².